The van der Waals surface area contributed by atoms with Crippen LogP contribution in [0.15, 0.2) is 66.7 Å². The highest BCUT2D eigenvalue weighted by molar-refractivity contribution is 5.88. The summed E-state index contributed by atoms with van der Waals surface area (Å²) in [5.41, 5.74) is 1.89. The van der Waals surface area contributed by atoms with Crippen molar-refractivity contribution in [1.82, 2.24) is 0 Å². The van der Waals surface area contributed by atoms with E-state index in [-0.39, 0.29) is 12.8 Å². The number of benzene rings is 4. The van der Waals surface area contributed by atoms with E-state index < -0.39 is 36.0 Å². The zero-order valence-electron chi connectivity index (χ0n) is 21.4. The second-order valence-corrected chi connectivity index (χ2v) is 9.34. The highest BCUT2D eigenvalue weighted by Crippen LogP contribution is 2.31. The Morgan fingerprint density at radius 3 is 2.28 bits per heavy atom. The Labute approximate surface area is 223 Å². The Balaban J connectivity index is 1.45. The largest absolute Gasteiger partial charge is 0.493 e. The van der Waals surface area contributed by atoms with Gasteiger partial charge >= 0.3 is 6.18 Å². The predicted molar refractivity (Wildman–Crippen MR) is 140 cm³/mol. The monoisotopic (exact) mass is 546 g/mol. The molecule has 4 aromatic carbocycles. The molecule has 0 aliphatic carbocycles. The fraction of sp³-hybridized carbons (Fsp3) is 0.290. The molecule has 0 unspecified atom stereocenters. The van der Waals surface area contributed by atoms with Crippen LogP contribution < -0.4 is 9.47 Å². The van der Waals surface area contributed by atoms with Crippen molar-refractivity contribution in [3.8, 4) is 22.6 Å². The van der Waals surface area contributed by atoms with Crippen molar-refractivity contribution in [1.29, 1.82) is 0 Å². The third-order valence-electron chi connectivity index (χ3n) is 6.37. The summed E-state index contributed by atoms with van der Waals surface area (Å²) in [5, 5.41) is 0.972. The minimum atomic E-state index is -4.57. The second-order valence-electron chi connectivity index (χ2n) is 9.34. The molecular formula is C31H28F6O2. The Hall–Kier alpha value is -3.68. The van der Waals surface area contributed by atoms with E-state index in [1.807, 2.05) is 0 Å². The van der Waals surface area contributed by atoms with E-state index >= 15 is 4.39 Å². The van der Waals surface area contributed by atoms with Gasteiger partial charge in [0.25, 0.3) is 0 Å². The van der Waals surface area contributed by atoms with Crippen molar-refractivity contribution < 1.29 is 35.8 Å². The van der Waals surface area contributed by atoms with E-state index in [0.717, 1.165) is 31.4 Å². The molecule has 0 radical (unpaired) electrons. The molecule has 8 heteroatoms. The predicted octanol–water partition coefficient (Wildman–Crippen LogP) is 9.22. The smallest absolute Gasteiger partial charge is 0.422 e. The van der Waals surface area contributed by atoms with Gasteiger partial charge in [0.2, 0.25) is 0 Å². The van der Waals surface area contributed by atoms with E-state index in [1.165, 1.54) is 12.1 Å². The standard InChI is InChI=1S/C31H28F6O2/c1-2-3-4-15-38-24-11-13-25(27(32)18-24)22-10-12-26-23(17-22)9-8-21(30(26)34)7-5-20-6-14-29(28(33)16-20)39-19-31(35,36)37/h6,8-14,16-18H,2-5,7,15,19H2,1H3. The van der Waals surface area contributed by atoms with Crippen LogP contribution in [0.5, 0.6) is 11.5 Å². The van der Waals surface area contributed by atoms with E-state index in [0.29, 0.717) is 45.4 Å². The molecule has 0 aliphatic rings. The number of unbranched alkanes of at least 4 members (excludes halogenated alkanes) is 2. The SMILES string of the molecule is CCCCCOc1ccc(-c2ccc3c(F)c(CCc4ccc(OCC(F)(F)F)c(F)c4)ccc3c2)c(F)c1. The van der Waals surface area contributed by atoms with Crippen molar-refractivity contribution in [2.45, 2.75) is 45.2 Å². The van der Waals surface area contributed by atoms with Crippen molar-refractivity contribution in [2.24, 2.45) is 0 Å². The van der Waals surface area contributed by atoms with Gasteiger partial charge in [-0.1, -0.05) is 50.1 Å². The Bertz CT molecular complexity index is 1430. The summed E-state index contributed by atoms with van der Waals surface area (Å²) < 4.78 is 91.2. The van der Waals surface area contributed by atoms with Gasteiger partial charge in [0, 0.05) is 17.0 Å². The molecule has 2 nitrogen and oxygen atoms in total. The van der Waals surface area contributed by atoms with Gasteiger partial charge in [0.15, 0.2) is 18.2 Å². The fourth-order valence-electron chi connectivity index (χ4n) is 4.31. The third kappa shape index (κ3) is 7.46. The van der Waals surface area contributed by atoms with Crippen LogP contribution in [0.2, 0.25) is 0 Å². The van der Waals surface area contributed by atoms with E-state index in [1.54, 1.807) is 42.5 Å². The maximum Gasteiger partial charge on any atom is 0.422 e. The molecule has 4 aromatic rings. The lowest BCUT2D eigenvalue weighted by atomic mass is 9.97. The topological polar surface area (TPSA) is 18.5 Å². The molecular weight excluding hydrogens is 518 g/mol. The minimum absolute atomic E-state index is 0.250. The Morgan fingerprint density at radius 1 is 0.744 bits per heavy atom. The van der Waals surface area contributed by atoms with Gasteiger partial charge in [-0.25, -0.2) is 13.2 Å². The highest BCUT2D eigenvalue weighted by Gasteiger charge is 2.29. The average Bonchev–Trinajstić information content (AvgIpc) is 2.89. The lowest BCUT2D eigenvalue weighted by Gasteiger charge is -2.12. The van der Waals surface area contributed by atoms with E-state index in [4.69, 9.17) is 4.74 Å². The number of halogens is 6. The first-order valence-corrected chi connectivity index (χ1v) is 12.8. The van der Waals surface area contributed by atoms with Gasteiger partial charge in [-0.15, -0.1) is 0 Å². The highest BCUT2D eigenvalue weighted by atomic mass is 19.4. The first kappa shape index (κ1) is 28.3. The van der Waals surface area contributed by atoms with Crippen molar-refractivity contribution in [3.63, 3.8) is 0 Å². The van der Waals surface area contributed by atoms with Crippen molar-refractivity contribution in [3.05, 3.63) is 95.3 Å². The normalized spacial score (nSPS) is 11.7. The van der Waals surface area contributed by atoms with Crippen LogP contribution in [0.25, 0.3) is 21.9 Å². The van der Waals surface area contributed by atoms with Gasteiger partial charge in [0.1, 0.15) is 17.4 Å². The molecule has 0 bridgehead atoms. The quantitative estimate of drug-likeness (QED) is 0.138. The Kier molecular flexibility index (Phi) is 9.04. The maximum absolute atomic E-state index is 15.3. The van der Waals surface area contributed by atoms with Crippen LogP contribution in [0.3, 0.4) is 0 Å². The molecule has 0 spiro atoms. The molecule has 39 heavy (non-hydrogen) atoms. The first-order chi connectivity index (χ1) is 18.6. The fourth-order valence-corrected chi connectivity index (χ4v) is 4.31. The van der Waals surface area contributed by atoms with E-state index in [9.17, 15) is 22.0 Å². The Morgan fingerprint density at radius 2 is 1.56 bits per heavy atom. The molecule has 0 fully saturated rings. The molecule has 0 heterocycles. The van der Waals surface area contributed by atoms with Crippen LogP contribution in [-0.2, 0) is 12.8 Å². The molecule has 0 aromatic heterocycles. The van der Waals surface area contributed by atoms with E-state index in [2.05, 4.69) is 11.7 Å². The summed E-state index contributed by atoms with van der Waals surface area (Å²) in [6.07, 6.45) is -1.02. The first-order valence-electron chi connectivity index (χ1n) is 12.8. The molecule has 206 valence electrons. The van der Waals surface area contributed by atoms with Gasteiger partial charge < -0.3 is 9.47 Å². The minimum Gasteiger partial charge on any atom is -0.493 e. The number of ether oxygens (including phenoxy) is 2. The maximum atomic E-state index is 15.3. The molecule has 0 amide bonds. The lowest BCUT2D eigenvalue weighted by molar-refractivity contribution is -0.153. The summed E-state index contributed by atoms with van der Waals surface area (Å²) in [4.78, 5) is 0. The number of rotatable bonds is 11. The summed E-state index contributed by atoms with van der Waals surface area (Å²) in [5.74, 6) is -1.80. The van der Waals surface area contributed by atoms with Gasteiger partial charge in [0.05, 0.1) is 6.61 Å². The van der Waals surface area contributed by atoms with Gasteiger partial charge in [-0.05, 0) is 71.7 Å². The van der Waals surface area contributed by atoms with Crippen LogP contribution >= 0.6 is 0 Å². The second kappa shape index (κ2) is 12.5. The number of alkyl halides is 3. The molecule has 0 atom stereocenters. The van der Waals surface area contributed by atoms with Gasteiger partial charge in [-0.3, -0.25) is 0 Å². The van der Waals surface area contributed by atoms with Crippen LogP contribution in [0, 0.1) is 17.5 Å². The number of hydrogen-bond donors (Lipinski definition) is 0. The number of fused-ring (bicyclic) bond motifs is 1. The number of aryl methyl sites for hydroxylation is 2. The summed E-state index contributed by atoms with van der Waals surface area (Å²) in [6.45, 7) is 1.04. The summed E-state index contributed by atoms with van der Waals surface area (Å²) >= 11 is 0. The van der Waals surface area contributed by atoms with Crippen LogP contribution in [0.1, 0.15) is 37.3 Å². The average molecular weight is 547 g/mol. The molecule has 4 rings (SSSR count). The zero-order chi connectivity index (χ0) is 28.0. The molecule has 0 saturated carbocycles. The third-order valence-corrected chi connectivity index (χ3v) is 6.37. The van der Waals surface area contributed by atoms with Crippen molar-refractivity contribution in [2.75, 3.05) is 13.2 Å². The molecule has 0 N–H and O–H groups in total. The molecule has 0 saturated heterocycles. The van der Waals surface area contributed by atoms with Crippen molar-refractivity contribution >= 4 is 10.8 Å². The van der Waals surface area contributed by atoms with Gasteiger partial charge in [-0.2, -0.15) is 13.2 Å². The number of hydrogen-bond acceptors (Lipinski definition) is 2. The summed E-state index contributed by atoms with van der Waals surface area (Å²) in [6, 6.07) is 16.8. The van der Waals surface area contributed by atoms with Crippen LogP contribution in [-0.4, -0.2) is 19.4 Å². The zero-order valence-corrected chi connectivity index (χ0v) is 21.4. The van der Waals surface area contributed by atoms with Crippen LogP contribution in [0.4, 0.5) is 26.3 Å². The molecule has 0 aliphatic heterocycles. The lowest BCUT2D eigenvalue weighted by Crippen LogP contribution is -2.19. The summed E-state index contributed by atoms with van der Waals surface area (Å²) in [7, 11) is 0.